The van der Waals surface area contributed by atoms with Gasteiger partial charge < -0.3 is 5.32 Å². The van der Waals surface area contributed by atoms with Crippen LogP contribution in [0.4, 0.5) is 17.1 Å². The molecule has 0 aromatic heterocycles. The Bertz CT molecular complexity index is 1710. The summed E-state index contributed by atoms with van der Waals surface area (Å²) in [6, 6.07) is 24.4. The molecule has 2 N–H and O–H groups in total. The van der Waals surface area contributed by atoms with Gasteiger partial charge in [0.1, 0.15) is 6.54 Å². The van der Waals surface area contributed by atoms with E-state index in [9.17, 15) is 21.6 Å². The summed E-state index contributed by atoms with van der Waals surface area (Å²) in [5, 5.41) is 2.67. The van der Waals surface area contributed by atoms with Gasteiger partial charge in [-0.15, -0.1) is 0 Å². The number of rotatable bonds is 9. The fourth-order valence-electron chi connectivity index (χ4n) is 4.08. The third kappa shape index (κ3) is 6.52. The molecule has 4 aromatic rings. The van der Waals surface area contributed by atoms with Crippen LogP contribution < -0.4 is 14.3 Å². The van der Waals surface area contributed by atoms with Crippen molar-refractivity contribution >= 4 is 43.0 Å². The first-order valence-corrected chi connectivity index (χ1v) is 15.4. The SMILES string of the molecule is Cc1ccc(N(CC(=O)Nc2ccc(S(=O)(=O)Nc3c(C)cccc3C)cc2)S(=O)(=O)c2ccc(C)cc2)cc1. The molecule has 0 bridgehead atoms. The molecule has 0 atom stereocenters. The number of amides is 1. The number of nitrogens with zero attached hydrogens (tertiary/aromatic N) is 1. The minimum absolute atomic E-state index is 0.0244. The second-order valence-corrected chi connectivity index (χ2v) is 13.1. The maximum atomic E-state index is 13.5. The monoisotopic (exact) mass is 577 g/mol. The van der Waals surface area contributed by atoms with Crippen LogP contribution in [-0.4, -0.2) is 29.3 Å². The number of anilines is 3. The van der Waals surface area contributed by atoms with Crippen LogP contribution in [0.5, 0.6) is 0 Å². The predicted molar refractivity (Wildman–Crippen MR) is 159 cm³/mol. The molecule has 0 saturated carbocycles. The summed E-state index contributed by atoms with van der Waals surface area (Å²) in [4.78, 5) is 13.1. The van der Waals surface area contributed by atoms with Gasteiger partial charge in [-0.1, -0.05) is 53.6 Å². The second kappa shape index (κ2) is 11.5. The molecular weight excluding hydrogens is 546 g/mol. The zero-order valence-electron chi connectivity index (χ0n) is 22.7. The van der Waals surface area contributed by atoms with E-state index in [0.29, 0.717) is 17.1 Å². The van der Waals surface area contributed by atoms with Crippen LogP contribution in [-0.2, 0) is 24.8 Å². The molecule has 0 saturated heterocycles. The van der Waals surface area contributed by atoms with Crippen molar-refractivity contribution in [2.75, 3.05) is 20.9 Å². The van der Waals surface area contributed by atoms with Gasteiger partial charge in [0, 0.05) is 5.69 Å². The van der Waals surface area contributed by atoms with Crippen LogP contribution in [0.1, 0.15) is 22.3 Å². The highest BCUT2D eigenvalue weighted by molar-refractivity contribution is 7.93. The lowest BCUT2D eigenvalue weighted by molar-refractivity contribution is -0.114. The highest BCUT2D eigenvalue weighted by atomic mass is 32.2. The lowest BCUT2D eigenvalue weighted by Gasteiger charge is -2.24. The predicted octanol–water partition coefficient (Wildman–Crippen LogP) is 5.56. The Morgan fingerprint density at radius 3 is 1.73 bits per heavy atom. The van der Waals surface area contributed by atoms with E-state index in [1.807, 2.05) is 45.9 Å². The molecule has 8 nitrogen and oxygen atoms in total. The Hall–Kier alpha value is -4.15. The zero-order valence-corrected chi connectivity index (χ0v) is 24.3. The number of para-hydroxylation sites is 1. The normalized spacial score (nSPS) is 11.6. The summed E-state index contributed by atoms with van der Waals surface area (Å²) >= 11 is 0. The van der Waals surface area contributed by atoms with Gasteiger partial charge >= 0.3 is 0 Å². The van der Waals surface area contributed by atoms with Crippen LogP contribution in [0.25, 0.3) is 0 Å². The van der Waals surface area contributed by atoms with Crippen molar-refractivity contribution in [2.45, 2.75) is 37.5 Å². The van der Waals surface area contributed by atoms with Crippen LogP contribution in [0.2, 0.25) is 0 Å². The van der Waals surface area contributed by atoms with Gasteiger partial charge in [0.25, 0.3) is 20.0 Å². The summed E-state index contributed by atoms with van der Waals surface area (Å²) in [7, 11) is -7.91. The molecular formula is C30H31N3O5S2. The maximum Gasteiger partial charge on any atom is 0.264 e. The summed E-state index contributed by atoms with van der Waals surface area (Å²) in [6.07, 6.45) is 0. The maximum absolute atomic E-state index is 13.5. The third-order valence-electron chi connectivity index (χ3n) is 6.38. The molecule has 208 valence electrons. The van der Waals surface area contributed by atoms with Gasteiger partial charge in [0.05, 0.1) is 21.2 Å². The molecule has 4 rings (SSSR count). The molecule has 10 heteroatoms. The van der Waals surface area contributed by atoms with E-state index in [4.69, 9.17) is 0 Å². The van der Waals surface area contributed by atoms with Crippen molar-refractivity contribution in [2.24, 2.45) is 0 Å². The van der Waals surface area contributed by atoms with Crippen molar-refractivity contribution in [3.63, 3.8) is 0 Å². The van der Waals surface area contributed by atoms with Crippen LogP contribution in [0.3, 0.4) is 0 Å². The van der Waals surface area contributed by atoms with Crippen molar-refractivity contribution in [1.82, 2.24) is 0 Å². The molecule has 4 aromatic carbocycles. The van der Waals surface area contributed by atoms with E-state index >= 15 is 0 Å². The highest BCUT2D eigenvalue weighted by Gasteiger charge is 2.27. The number of sulfonamides is 2. The number of aryl methyl sites for hydroxylation is 4. The largest absolute Gasteiger partial charge is 0.325 e. The molecule has 0 spiro atoms. The molecule has 0 heterocycles. The quantitative estimate of drug-likeness (QED) is 0.271. The molecule has 0 unspecified atom stereocenters. The van der Waals surface area contributed by atoms with Crippen molar-refractivity contribution in [3.05, 3.63) is 113 Å². The summed E-state index contributed by atoms with van der Waals surface area (Å²) in [6.45, 7) is 6.91. The molecule has 1 amide bonds. The standard InChI is InChI=1S/C30H31N3O5S2/c1-21-8-14-26(15-9-21)33(40(37,38)28-16-10-22(2)11-17-28)20-29(34)31-25-12-18-27(19-13-25)39(35,36)32-30-23(3)6-5-7-24(30)4/h5-19,32H,20H2,1-4H3,(H,31,34). The van der Waals surface area contributed by atoms with E-state index in [0.717, 1.165) is 26.6 Å². The van der Waals surface area contributed by atoms with E-state index in [-0.39, 0.29) is 9.79 Å². The Morgan fingerprint density at radius 2 is 1.18 bits per heavy atom. The summed E-state index contributed by atoms with van der Waals surface area (Å²) < 4.78 is 56.7. The lowest BCUT2D eigenvalue weighted by Crippen LogP contribution is -2.38. The van der Waals surface area contributed by atoms with Crippen LogP contribution in [0.15, 0.2) is 101 Å². The van der Waals surface area contributed by atoms with Crippen LogP contribution >= 0.6 is 0 Å². The van der Waals surface area contributed by atoms with Gasteiger partial charge in [-0.25, -0.2) is 16.8 Å². The number of hydrogen-bond donors (Lipinski definition) is 2. The zero-order chi connectivity index (χ0) is 29.1. The lowest BCUT2D eigenvalue weighted by atomic mass is 10.1. The van der Waals surface area contributed by atoms with E-state index in [2.05, 4.69) is 10.0 Å². The average Bonchev–Trinajstić information content (AvgIpc) is 2.91. The molecule has 0 aliphatic carbocycles. The Balaban J connectivity index is 1.54. The Labute approximate surface area is 235 Å². The first-order chi connectivity index (χ1) is 18.9. The minimum Gasteiger partial charge on any atom is -0.325 e. The Morgan fingerprint density at radius 1 is 0.675 bits per heavy atom. The average molecular weight is 578 g/mol. The second-order valence-electron chi connectivity index (χ2n) is 9.61. The number of benzene rings is 4. The van der Waals surface area contributed by atoms with Gasteiger partial charge in [0.2, 0.25) is 5.91 Å². The van der Waals surface area contributed by atoms with Gasteiger partial charge in [0.15, 0.2) is 0 Å². The molecule has 0 fully saturated rings. The number of nitrogens with one attached hydrogen (secondary N) is 2. The topological polar surface area (TPSA) is 113 Å². The van der Waals surface area contributed by atoms with E-state index in [1.54, 1.807) is 36.4 Å². The number of hydrogen-bond acceptors (Lipinski definition) is 5. The van der Waals surface area contributed by atoms with E-state index in [1.165, 1.54) is 36.4 Å². The first kappa shape index (κ1) is 28.8. The van der Waals surface area contributed by atoms with Crippen molar-refractivity contribution in [3.8, 4) is 0 Å². The van der Waals surface area contributed by atoms with Crippen molar-refractivity contribution < 1.29 is 21.6 Å². The first-order valence-electron chi connectivity index (χ1n) is 12.5. The van der Waals surface area contributed by atoms with Crippen LogP contribution in [0, 0.1) is 27.7 Å². The fraction of sp³-hybridized carbons (Fsp3) is 0.167. The fourth-order valence-corrected chi connectivity index (χ4v) is 6.70. The van der Waals surface area contributed by atoms with Gasteiger partial charge in [-0.05, 0) is 87.4 Å². The summed E-state index contributed by atoms with van der Waals surface area (Å²) in [5.41, 5.74) is 4.65. The van der Waals surface area contributed by atoms with E-state index < -0.39 is 32.5 Å². The van der Waals surface area contributed by atoms with Gasteiger partial charge in [-0.2, -0.15) is 0 Å². The smallest absolute Gasteiger partial charge is 0.264 e. The Kier molecular flexibility index (Phi) is 8.32. The van der Waals surface area contributed by atoms with Gasteiger partial charge in [-0.3, -0.25) is 13.8 Å². The number of carbonyl (C=O) groups excluding carboxylic acids is 1. The molecule has 0 aliphatic heterocycles. The summed E-state index contributed by atoms with van der Waals surface area (Å²) in [5.74, 6) is -0.583. The highest BCUT2D eigenvalue weighted by Crippen LogP contribution is 2.26. The molecule has 40 heavy (non-hydrogen) atoms. The molecule has 0 radical (unpaired) electrons. The number of carbonyl (C=O) groups is 1. The van der Waals surface area contributed by atoms with Crippen molar-refractivity contribution in [1.29, 1.82) is 0 Å². The third-order valence-corrected chi connectivity index (χ3v) is 9.54. The minimum atomic E-state index is -4.05. The molecule has 0 aliphatic rings.